The molecule has 1 heterocycles. The monoisotopic (exact) mass is 114 g/mol. The third-order valence-corrected chi connectivity index (χ3v) is 0.734. The first-order valence-electron chi connectivity index (χ1n) is 2.25. The summed E-state index contributed by atoms with van der Waals surface area (Å²) in [6, 6.07) is 0. The summed E-state index contributed by atoms with van der Waals surface area (Å²) in [5.74, 6) is 0.255. The lowest BCUT2D eigenvalue weighted by Gasteiger charge is -1.90. The Morgan fingerprint density at radius 1 is 1.88 bits per heavy atom. The molecule has 44 valence electrons. The van der Waals surface area contributed by atoms with Crippen molar-refractivity contribution in [3.8, 4) is 0 Å². The van der Waals surface area contributed by atoms with E-state index in [9.17, 15) is 0 Å². The van der Waals surface area contributed by atoms with Crippen molar-refractivity contribution >= 4 is 0 Å². The summed E-state index contributed by atoms with van der Waals surface area (Å²) in [5.41, 5.74) is 0. The maximum atomic E-state index is 8.72. The molecule has 0 fully saturated rings. The van der Waals surface area contributed by atoms with Gasteiger partial charge in [0, 0.05) is 0 Å². The summed E-state index contributed by atoms with van der Waals surface area (Å²) >= 11 is 0. The van der Waals surface area contributed by atoms with E-state index in [1.807, 2.05) is 0 Å². The van der Waals surface area contributed by atoms with Crippen LogP contribution in [0.5, 0.6) is 0 Å². The highest BCUT2D eigenvalue weighted by atomic mass is 16.4. The van der Waals surface area contributed by atoms with Crippen molar-refractivity contribution in [2.24, 2.45) is 0 Å². The van der Waals surface area contributed by atoms with Crippen LogP contribution >= 0.6 is 0 Å². The first kappa shape index (κ1) is 5.24. The van der Waals surface area contributed by atoms with Gasteiger partial charge in [-0.2, -0.15) is 0 Å². The van der Waals surface area contributed by atoms with Crippen LogP contribution < -0.4 is 0 Å². The molecule has 8 heavy (non-hydrogen) atoms. The molecule has 0 aliphatic carbocycles. The zero-order chi connectivity index (χ0) is 5.98. The number of aliphatic hydroxyl groups excluding tert-OH is 1. The summed E-state index contributed by atoms with van der Waals surface area (Å²) in [4.78, 5) is 0. The first-order valence-corrected chi connectivity index (χ1v) is 2.25. The lowest BCUT2D eigenvalue weighted by atomic mass is 10.4. The number of nitrogens with zero attached hydrogens (tertiary/aromatic N) is 2. The molecular weight excluding hydrogens is 108 g/mol. The molecule has 0 radical (unpaired) electrons. The third-order valence-electron chi connectivity index (χ3n) is 0.734. The Morgan fingerprint density at radius 2 is 2.62 bits per heavy atom. The van der Waals surface area contributed by atoms with Crippen LogP contribution in [-0.2, 0) is 0 Å². The molecule has 0 bridgehead atoms. The quantitative estimate of drug-likeness (QED) is 0.563. The Balaban J connectivity index is 2.77. The third kappa shape index (κ3) is 0.840. The number of aromatic nitrogens is 2. The predicted octanol–water partition coefficient (Wildman–Crippen LogP) is 0.123. The fourth-order valence-corrected chi connectivity index (χ4v) is 0.364. The van der Waals surface area contributed by atoms with Crippen LogP contribution in [0.4, 0.5) is 0 Å². The van der Waals surface area contributed by atoms with Gasteiger partial charge < -0.3 is 9.52 Å². The Kier molecular flexibility index (Phi) is 1.26. The van der Waals surface area contributed by atoms with E-state index in [4.69, 9.17) is 5.11 Å². The number of hydrogen-bond donors (Lipinski definition) is 1. The Hall–Kier alpha value is -0.900. The molecule has 0 spiro atoms. The fraction of sp³-hybridized carbons (Fsp3) is 0.500. The molecule has 1 atom stereocenters. The Bertz CT molecular complexity index is 147. The van der Waals surface area contributed by atoms with Gasteiger partial charge in [0.15, 0.2) is 0 Å². The Morgan fingerprint density at radius 3 is 2.88 bits per heavy atom. The van der Waals surface area contributed by atoms with E-state index in [2.05, 4.69) is 14.6 Å². The van der Waals surface area contributed by atoms with Gasteiger partial charge in [-0.1, -0.05) is 0 Å². The minimum atomic E-state index is -0.655. The highest BCUT2D eigenvalue weighted by Gasteiger charge is 2.03. The molecule has 0 aliphatic heterocycles. The topological polar surface area (TPSA) is 59.2 Å². The smallest absolute Gasteiger partial charge is 0.244 e. The summed E-state index contributed by atoms with van der Waals surface area (Å²) in [7, 11) is 0. The number of hydrogen-bond acceptors (Lipinski definition) is 4. The zero-order valence-corrected chi connectivity index (χ0v) is 4.40. The molecule has 0 saturated carbocycles. The molecule has 0 aliphatic rings. The van der Waals surface area contributed by atoms with Gasteiger partial charge in [-0.15, -0.1) is 10.2 Å². The van der Waals surface area contributed by atoms with Gasteiger partial charge in [-0.05, 0) is 6.92 Å². The maximum Gasteiger partial charge on any atom is 0.244 e. The van der Waals surface area contributed by atoms with Crippen molar-refractivity contribution in [3.05, 3.63) is 12.3 Å². The van der Waals surface area contributed by atoms with Crippen molar-refractivity contribution in [3.63, 3.8) is 0 Å². The standard InChI is InChI=1S/C4H6N2O2/c1-3(7)4-6-5-2-8-4/h2-3,7H,1H3/t3-/m1/s1. The number of rotatable bonds is 1. The molecule has 0 saturated heterocycles. The average molecular weight is 114 g/mol. The highest BCUT2D eigenvalue weighted by Crippen LogP contribution is 2.04. The first-order chi connectivity index (χ1) is 3.80. The van der Waals surface area contributed by atoms with Crippen LogP contribution in [0.2, 0.25) is 0 Å². The van der Waals surface area contributed by atoms with E-state index in [1.54, 1.807) is 6.92 Å². The van der Waals surface area contributed by atoms with Gasteiger partial charge in [0.2, 0.25) is 12.3 Å². The van der Waals surface area contributed by atoms with Crippen molar-refractivity contribution in [2.75, 3.05) is 0 Å². The van der Waals surface area contributed by atoms with E-state index in [1.165, 1.54) is 6.39 Å². The Labute approximate surface area is 46.2 Å². The lowest BCUT2D eigenvalue weighted by Crippen LogP contribution is -1.89. The van der Waals surface area contributed by atoms with E-state index in [0.29, 0.717) is 0 Å². The molecule has 1 N–H and O–H groups in total. The fourth-order valence-electron chi connectivity index (χ4n) is 0.364. The van der Waals surface area contributed by atoms with Gasteiger partial charge in [0.1, 0.15) is 6.10 Å². The van der Waals surface area contributed by atoms with Crippen molar-refractivity contribution in [1.82, 2.24) is 10.2 Å². The summed E-state index contributed by atoms with van der Waals surface area (Å²) in [6.07, 6.45) is 0.527. The molecule has 0 aromatic carbocycles. The van der Waals surface area contributed by atoms with Crippen LogP contribution in [0.25, 0.3) is 0 Å². The second-order valence-corrected chi connectivity index (χ2v) is 1.45. The summed E-state index contributed by atoms with van der Waals surface area (Å²) in [6.45, 7) is 1.56. The van der Waals surface area contributed by atoms with Gasteiger partial charge in [0.25, 0.3) is 0 Å². The van der Waals surface area contributed by atoms with Gasteiger partial charge in [0.05, 0.1) is 0 Å². The maximum absolute atomic E-state index is 8.72. The molecule has 1 aromatic heterocycles. The predicted molar refractivity (Wildman–Crippen MR) is 24.9 cm³/mol. The van der Waals surface area contributed by atoms with Crippen LogP contribution in [0.3, 0.4) is 0 Å². The molecule has 0 unspecified atom stereocenters. The van der Waals surface area contributed by atoms with E-state index in [0.717, 1.165) is 0 Å². The van der Waals surface area contributed by atoms with E-state index < -0.39 is 6.10 Å². The van der Waals surface area contributed by atoms with E-state index in [-0.39, 0.29) is 5.89 Å². The molecule has 4 heteroatoms. The van der Waals surface area contributed by atoms with E-state index >= 15 is 0 Å². The van der Waals surface area contributed by atoms with Crippen LogP contribution in [-0.4, -0.2) is 15.3 Å². The van der Waals surface area contributed by atoms with Crippen LogP contribution in [0, 0.1) is 0 Å². The zero-order valence-electron chi connectivity index (χ0n) is 4.40. The van der Waals surface area contributed by atoms with Crippen molar-refractivity contribution < 1.29 is 9.52 Å². The number of aliphatic hydroxyl groups is 1. The summed E-state index contributed by atoms with van der Waals surface area (Å²) in [5, 5.41) is 15.5. The normalized spacial score (nSPS) is 13.8. The summed E-state index contributed by atoms with van der Waals surface area (Å²) < 4.78 is 4.62. The molecule has 1 aromatic rings. The highest BCUT2D eigenvalue weighted by molar-refractivity contribution is 4.75. The SMILES string of the molecule is C[C@@H](O)c1nnco1. The van der Waals surface area contributed by atoms with Gasteiger partial charge in [-0.3, -0.25) is 0 Å². The largest absolute Gasteiger partial charge is 0.425 e. The van der Waals surface area contributed by atoms with Gasteiger partial charge in [-0.25, -0.2) is 0 Å². The van der Waals surface area contributed by atoms with Crippen LogP contribution in [0.1, 0.15) is 18.9 Å². The van der Waals surface area contributed by atoms with Crippen molar-refractivity contribution in [2.45, 2.75) is 13.0 Å². The molecule has 1 rings (SSSR count). The second-order valence-electron chi connectivity index (χ2n) is 1.45. The average Bonchev–Trinajstić information content (AvgIpc) is 2.12. The minimum absolute atomic E-state index is 0.255. The second kappa shape index (κ2) is 1.92. The molecule has 0 amide bonds. The minimum Gasteiger partial charge on any atom is -0.425 e. The van der Waals surface area contributed by atoms with Crippen LogP contribution in [0.15, 0.2) is 10.8 Å². The van der Waals surface area contributed by atoms with Gasteiger partial charge >= 0.3 is 0 Å². The lowest BCUT2D eigenvalue weighted by molar-refractivity contribution is 0.163. The van der Waals surface area contributed by atoms with Crippen molar-refractivity contribution in [1.29, 1.82) is 0 Å². The molecule has 4 nitrogen and oxygen atoms in total. The molecular formula is C4H6N2O2.